The molecule has 1 aromatic carbocycles. The standard InChI is InChI=1S/C19H26N2O3S/c1-12-10-13-6-4-5-7-17(13)21(12)25(23,24)14-8-9-16-15(11-14)19(2,3)18(22)20-16/h8-9,11-13,17H,4-7,10H2,1-3H3,(H,20,22)/t12-,13-,17+/m1/s1. The molecule has 5 nitrogen and oxygen atoms in total. The van der Waals surface area contributed by atoms with E-state index in [1.165, 1.54) is 6.42 Å². The van der Waals surface area contributed by atoms with E-state index in [1.807, 2.05) is 20.8 Å². The average molecular weight is 362 g/mol. The number of hydrogen-bond donors (Lipinski definition) is 1. The van der Waals surface area contributed by atoms with E-state index in [-0.39, 0.29) is 18.0 Å². The van der Waals surface area contributed by atoms with Gasteiger partial charge in [-0.2, -0.15) is 4.31 Å². The van der Waals surface area contributed by atoms with Crippen molar-refractivity contribution in [2.45, 2.75) is 75.3 Å². The molecule has 3 atom stereocenters. The first-order valence-corrected chi connectivity index (χ1v) is 10.7. The summed E-state index contributed by atoms with van der Waals surface area (Å²) in [4.78, 5) is 12.5. The summed E-state index contributed by atoms with van der Waals surface area (Å²) in [5.41, 5.74) is 0.787. The molecular weight excluding hydrogens is 336 g/mol. The number of hydrogen-bond acceptors (Lipinski definition) is 3. The Kier molecular flexibility index (Phi) is 3.78. The van der Waals surface area contributed by atoms with Crippen LogP contribution in [0.25, 0.3) is 0 Å². The highest BCUT2D eigenvalue weighted by atomic mass is 32.2. The van der Waals surface area contributed by atoms with E-state index in [4.69, 9.17) is 0 Å². The average Bonchev–Trinajstić information content (AvgIpc) is 3.01. The second-order valence-corrected chi connectivity index (χ2v) is 10.2. The van der Waals surface area contributed by atoms with Gasteiger partial charge in [0.15, 0.2) is 0 Å². The zero-order chi connectivity index (χ0) is 18.0. The van der Waals surface area contributed by atoms with E-state index in [1.54, 1.807) is 22.5 Å². The van der Waals surface area contributed by atoms with E-state index in [9.17, 15) is 13.2 Å². The SMILES string of the molecule is C[C@@H]1C[C@H]2CCCC[C@@H]2N1S(=O)(=O)c1ccc2c(c1)C(C)(C)C(=O)N2. The maximum absolute atomic E-state index is 13.4. The number of carbonyl (C=O) groups excluding carboxylic acids is 1. The Morgan fingerprint density at radius 3 is 2.68 bits per heavy atom. The van der Waals surface area contributed by atoms with Gasteiger partial charge in [0.2, 0.25) is 15.9 Å². The fourth-order valence-electron chi connectivity index (χ4n) is 4.91. The number of carbonyl (C=O) groups is 1. The van der Waals surface area contributed by atoms with Gasteiger partial charge >= 0.3 is 0 Å². The van der Waals surface area contributed by atoms with Crippen molar-refractivity contribution < 1.29 is 13.2 Å². The van der Waals surface area contributed by atoms with Crippen LogP contribution in [-0.4, -0.2) is 30.7 Å². The largest absolute Gasteiger partial charge is 0.325 e. The third-order valence-electron chi connectivity index (χ3n) is 6.33. The minimum absolute atomic E-state index is 0.0409. The minimum atomic E-state index is -3.55. The van der Waals surface area contributed by atoms with E-state index in [0.717, 1.165) is 36.9 Å². The van der Waals surface area contributed by atoms with Crippen LogP contribution in [0.4, 0.5) is 5.69 Å². The highest BCUT2D eigenvalue weighted by Gasteiger charge is 2.47. The molecule has 1 aliphatic carbocycles. The number of sulfonamides is 1. The molecule has 2 aliphatic heterocycles. The number of nitrogens with zero attached hydrogens (tertiary/aromatic N) is 1. The summed E-state index contributed by atoms with van der Waals surface area (Å²) >= 11 is 0. The first-order valence-electron chi connectivity index (χ1n) is 9.22. The molecule has 3 aliphatic rings. The predicted molar refractivity (Wildman–Crippen MR) is 96.9 cm³/mol. The molecule has 0 aromatic heterocycles. The van der Waals surface area contributed by atoms with Crippen LogP contribution >= 0.6 is 0 Å². The van der Waals surface area contributed by atoms with Gasteiger partial charge in [-0.1, -0.05) is 12.8 Å². The second kappa shape index (κ2) is 5.55. The molecule has 0 spiro atoms. The molecule has 25 heavy (non-hydrogen) atoms. The van der Waals surface area contributed by atoms with Crippen LogP contribution in [0.15, 0.2) is 23.1 Å². The normalized spacial score (nSPS) is 31.5. The summed E-state index contributed by atoms with van der Waals surface area (Å²) in [5, 5.41) is 2.84. The third-order valence-corrected chi connectivity index (χ3v) is 8.37. The summed E-state index contributed by atoms with van der Waals surface area (Å²) in [6, 6.07) is 5.24. The molecule has 2 fully saturated rings. The van der Waals surface area contributed by atoms with Crippen molar-refractivity contribution in [3.8, 4) is 0 Å². The van der Waals surface area contributed by atoms with Crippen molar-refractivity contribution in [1.29, 1.82) is 0 Å². The summed E-state index contributed by atoms with van der Waals surface area (Å²) in [6.07, 6.45) is 5.37. The monoisotopic (exact) mass is 362 g/mol. The molecule has 1 N–H and O–H groups in total. The minimum Gasteiger partial charge on any atom is -0.325 e. The first kappa shape index (κ1) is 17.0. The number of nitrogens with one attached hydrogen (secondary N) is 1. The number of rotatable bonds is 2. The molecule has 0 unspecified atom stereocenters. The Labute approximate surface area is 149 Å². The van der Waals surface area contributed by atoms with Gasteiger partial charge in [0, 0.05) is 17.8 Å². The van der Waals surface area contributed by atoms with Crippen LogP contribution in [0.1, 0.15) is 58.4 Å². The van der Waals surface area contributed by atoms with Crippen LogP contribution in [0.2, 0.25) is 0 Å². The molecule has 136 valence electrons. The zero-order valence-corrected chi connectivity index (χ0v) is 15.9. The van der Waals surface area contributed by atoms with E-state index >= 15 is 0 Å². The van der Waals surface area contributed by atoms with Gasteiger partial charge in [-0.05, 0) is 69.7 Å². The smallest absolute Gasteiger partial charge is 0.243 e. The molecule has 1 saturated heterocycles. The van der Waals surface area contributed by atoms with Crippen LogP contribution < -0.4 is 5.32 Å². The number of amides is 1. The van der Waals surface area contributed by atoms with Crippen LogP contribution in [0, 0.1) is 5.92 Å². The summed E-state index contributed by atoms with van der Waals surface area (Å²) in [6.45, 7) is 5.69. The lowest BCUT2D eigenvalue weighted by Crippen LogP contribution is -2.42. The van der Waals surface area contributed by atoms with Gasteiger partial charge in [-0.3, -0.25) is 4.79 Å². The number of anilines is 1. The zero-order valence-electron chi connectivity index (χ0n) is 15.1. The molecule has 4 rings (SSSR count). The van der Waals surface area contributed by atoms with Crippen molar-refractivity contribution in [2.75, 3.05) is 5.32 Å². The number of benzene rings is 1. The van der Waals surface area contributed by atoms with Crippen LogP contribution in [0.5, 0.6) is 0 Å². The second-order valence-electron chi connectivity index (χ2n) is 8.32. The van der Waals surface area contributed by atoms with Gasteiger partial charge in [-0.25, -0.2) is 8.42 Å². The summed E-state index contributed by atoms with van der Waals surface area (Å²) in [5.74, 6) is 0.409. The van der Waals surface area contributed by atoms with E-state index in [2.05, 4.69) is 5.32 Å². The van der Waals surface area contributed by atoms with Crippen LogP contribution in [-0.2, 0) is 20.2 Å². The van der Waals surface area contributed by atoms with Crippen molar-refractivity contribution in [2.24, 2.45) is 5.92 Å². The Hall–Kier alpha value is -1.40. The Balaban J connectivity index is 1.75. The van der Waals surface area contributed by atoms with Crippen molar-refractivity contribution >= 4 is 21.6 Å². The molecular formula is C19H26N2O3S. The lowest BCUT2D eigenvalue weighted by Gasteiger charge is -2.32. The van der Waals surface area contributed by atoms with Crippen molar-refractivity contribution in [3.63, 3.8) is 0 Å². The third kappa shape index (κ3) is 2.45. The van der Waals surface area contributed by atoms with E-state index in [0.29, 0.717) is 10.8 Å². The topological polar surface area (TPSA) is 66.5 Å². The van der Waals surface area contributed by atoms with Crippen molar-refractivity contribution in [3.05, 3.63) is 23.8 Å². The molecule has 0 bridgehead atoms. The Morgan fingerprint density at radius 2 is 1.92 bits per heavy atom. The van der Waals surface area contributed by atoms with E-state index < -0.39 is 15.4 Å². The molecule has 6 heteroatoms. The van der Waals surface area contributed by atoms with Gasteiger partial charge in [0.05, 0.1) is 10.3 Å². The molecule has 1 aromatic rings. The fourth-order valence-corrected chi connectivity index (χ4v) is 6.86. The molecule has 1 saturated carbocycles. The summed E-state index contributed by atoms with van der Waals surface area (Å²) in [7, 11) is -3.55. The molecule has 0 radical (unpaired) electrons. The predicted octanol–water partition coefficient (Wildman–Crippen LogP) is 3.26. The fraction of sp³-hybridized carbons (Fsp3) is 0.632. The lowest BCUT2D eigenvalue weighted by molar-refractivity contribution is -0.119. The highest BCUT2D eigenvalue weighted by Crippen LogP contribution is 2.44. The van der Waals surface area contributed by atoms with Gasteiger partial charge < -0.3 is 5.32 Å². The maximum atomic E-state index is 13.4. The Bertz CT molecular complexity index is 831. The maximum Gasteiger partial charge on any atom is 0.243 e. The lowest BCUT2D eigenvalue weighted by atomic mass is 9.85. The number of fused-ring (bicyclic) bond motifs is 2. The quantitative estimate of drug-likeness (QED) is 0.878. The summed E-state index contributed by atoms with van der Waals surface area (Å²) < 4.78 is 28.6. The molecule has 1 amide bonds. The Morgan fingerprint density at radius 1 is 1.20 bits per heavy atom. The molecule has 2 heterocycles. The van der Waals surface area contributed by atoms with Crippen molar-refractivity contribution in [1.82, 2.24) is 4.31 Å². The van der Waals surface area contributed by atoms with Gasteiger partial charge in [0.1, 0.15) is 0 Å². The highest BCUT2D eigenvalue weighted by molar-refractivity contribution is 7.89. The first-order chi connectivity index (χ1) is 11.7. The van der Waals surface area contributed by atoms with Gasteiger partial charge in [0.25, 0.3) is 0 Å². The van der Waals surface area contributed by atoms with Crippen LogP contribution in [0.3, 0.4) is 0 Å². The van der Waals surface area contributed by atoms with Gasteiger partial charge in [-0.15, -0.1) is 0 Å².